The molecule has 10 nitrogen and oxygen atoms in total. The molecule has 0 N–H and O–H groups in total. The Labute approximate surface area is 715 Å². The van der Waals surface area contributed by atoms with Crippen LogP contribution in [0.2, 0.25) is 0 Å². The average molecular weight is 1590 g/mol. The maximum Gasteiger partial charge on any atom is 0.165 e. The largest absolute Gasteiger partial charge is 0.208 e. The van der Waals surface area contributed by atoms with Crippen molar-refractivity contribution < 1.29 is 0 Å². The number of fused-ring (bicyclic) bond motifs is 17. The molecule has 1 aliphatic carbocycles. The van der Waals surface area contributed by atoms with Crippen molar-refractivity contribution in [1.29, 1.82) is 5.26 Å². The summed E-state index contributed by atoms with van der Waals surface area (Å²) < 4.78 is 0. The third-order valence-corrected chi connectivity index (χ3v) is 24.5. The van der Waals surface area contributed by atoms with E-state index in [2.05, 4.69) is 309 Å². The fourth-order valence-corrected chi connectivity index (χ4v) is 18.3. The Morgan fingerprint density at radius 2 is 0.460 bits per heavy atom. The molecule has 23 aromatic rings. The average Bonchev–Trinajstić information content (AvgIpc) is 0.781. The van der Waals surface area contributed by atoms with Gasteiger partial charge >= 0.3 is 0 Å². The molecule has 0 bridgehead atoms. The van der Waals surface area contributed by atoms with Crippen LogP contribution in [-0.4, -0.2) is 44.9 Å². The van der Waals surface area contributed by atoms with Crippen molar-refractivity contribution in [3.05, 3.63) is 405 Å². The van der Waals surface area contributed by atoms with Crippen LogP contribution in [0.5, 0.6) is 0 Å². The van der Waals surface area contributed by atoms with Crippen molar-refractivity contribution in [3.8, 4) is 109 Å². The second kappa shape index (κ2) is 32.1. The number of nitriles is 1. The van der Waals surface area contributed by atoms with Crippen molar-refractivity contribution in [1.82, 2.24) is 44.9 Å². The predicted octanol–water partition coefficient (Wildman–Crippen LogP) is 29.2. The summed E-state index contributed by atoms with van der Waals surface area (Å²) in [6.07, 6.45) is 6.51. The van der Waals surface area contributed by atoms with Gasteiger partial charge in [-0.25, -0.2) is 44.9 Å². The molecule has 124 heavy (non-hydrogen) atoms. The highest BCUT2D eigenvalue weighted by Crippen LogP contribution is 2.42. The van der Waals surface area contributed by atoms with Crippen molar-refractivity contribution >= 4 is 118 Å². The molecule has 1 aliphatic rings. The molecule has 1 fully saturated rings. The Bertz CT molecular complexity index is 8130. The van der Waals surface area contributed by atoms with E-state index in [0.717, 1.165) is 88.2 Å². The van der Waals surface area contributed by atoms with E-state index in [1.807, 2.05) is 84.9 Å². The molecular weight excluding hydrogens is 1510 g/mol. The Balaban J connectivity index is 0.000000111. The lowest BCUT2D eigenvalue weighted by Crippen LogP contribution is -2.05. The summed E-state index contributed by atoms with van der Waals surface area (Å²) in [6, 6.07) is 140. The standard InChI is InChI=1S/C41H25N3.C39H31N3.C34H20N4/c1-2-11-28(12-3-1)39-42-40(44-41(43-39)38-33-16-8-5-13-29(33)24-30-14-6-9-17-34(30)38)31-19-18-27-21-22-35-32-15-7-4-10-26(32)20-23-36(35)37(27)25-31;1-3-10-26(11-4-1)30-15-9-16-31(24-30)38-40-37(29-13-5-2-6-14-29)41-39(42-38)32-19-18-28-21-22-34-33-17-8-7-12-27(33)20-23-35(34)36(28)25-32;35-21-22-7-6-11-26(19-22)33-36-32(25-9-2-1-3-10-25)37-34(38-33)27-14-13-24-16-17-29-28-12-5-4-8-23(28)15-18-30(29)31(24)20-27/h1-25H;2,5-9,12-26H,1,3-4,10-11H2;1-20H. The van der Waals surface area contributed by atoms with Gasteiger partial charge in [0.05, 0.1) is 11.6 Å². The molecule has 0 atom stereocenters. The first-order valence-corrected chi connectivity index (χ1v) is 42.4. The molecule has 3 aromatic heterocycles. The molecule has 0 unspecified atom stereocenters. The van der Waals surface area contributed by atoms with Gasteiger partial charge in [0.15, 0.2) is 52.4 Å². The summed E-state index contributed by atoms with van der Waals surface area (Å²) in [5.41, 5.74) is 10.5. The van der Waals surface area contributed by atoms with Gasteiger partial charge in [-0.05, 0) is 185 Å². The van der Waals surface area contributed by atoms with Crippen molar-refractivity contribution in [3.63, 3.8) is 0 Å². The van der Waals surface area contributed by atoms with Crippen LogP contribution < -0.4 is 0 Å². The van der Waals surface area contributed by atoms with Gasteiger partial charge in [0.2, 0.25) is 0 Å². The van der Waals surface area contributed by atoms with Crippen LogP contribution in [0.25, 0.3) is 221 Å². The first-order chi connectivity index (χ1) is 61.4. The number of nitrogens with zero attached hydrogens (tertiary/aromatic N) is 10. The maximum absolute atomic E-state index is 9.42. The van der Waals surface area contributed by atoms with Crippen LogP contribution in [0.1, 0.15) is 49.1 Å². The zero-order chi connectivity index (χ0) is 82.4. The van der Waals surface area contributed by atoms with Crippen LogP contribution in [0.4, 0.5) is 0 Å². The second-order valence-electron chi connectivity index (χ2n) is 32.0. The SMILES string of the molecule is N#Cc1cccc(-c2nc(-c3ccccc3)nc(-c3ccc4ccc5c6ccccc6ccc5c4c3)n2)c1.c1ccc(-c2nc(-c3ccc4ccc5c6ccccc6ccc5c4c3)nc(-c3c4ccccc4cc4ccccc34)n2)cc1.c1ccc(-c2nc(-c3cccc(C4CCCCC4)c3)nc(-c3ccc4ccc5c6ccccc6ccc5c4c3)n2)cc1. The van der Waals surface area contributed by atoms with Gasteiger partial charge in [0.25, 0.3) is 0 Å². The van der Waals surface area contributed by atoms with Crippen molar-refractivity contribution in [2.45, 2.75) is 38.0 Å². The molecule has 24 rings (SSSR count). The van der Waals surface area contributed by atoms with Crippen LogP contribution in [-0.2, 0) is 0 Å². The van der Waals surface area contributed by atoms with Gasteiger partial charge in [0.1, 0.15) is 0 Å². The molecule has 582 valence electrons. The van der Waals surface area contributed by atoms with Crippen LogP contribution in [0.3, 0.4) is 0 Å². The first kappa shape index (κ1) is 74.1. The van der Waals surface area contributed by atoms with E-state index >= 15 is 0 Å². The van der Waals surface area contributed by atoms with Crippen molar-refractivity contribution in [2.24, 2.45) is 0 Å². The molecule has 20 aromatic carbocycles. The number of hydrogen-bond acceptors (Lipinski definition) is 10. The molecule has 0 spiro atoms. The normalized spacial score (nSPS) is 12.3. The topological polar surface area (TPSA) is 140 Å². The first-order valence-electron chi connectivity index (χ1n) is 42.4. The van der Waals surface area contributed by atoms with E-state index in [1.165, 1.54) is 124 Å². The Morgan fingerprint density at radius 3 is 0.831 bits per heavy atom. The fraction of sp³-hybridized carbons (Fsp3) is 0.0526. The second-order valence-corrected chi connectivity index (χ2v) is 32.0. The molecule has 0 saturated heterocycles. The van der Waals surface area contributed by atoms with Gasteiger partial charge in [-0.2, -0.15) is 5.26 Å². The minimum Gasteiger partial charge on any atom is -0.208 e. The number of rotatable bonds is 10. The predicted molar refractivity (Wildman–Crippen MR) is 512 cm³/mol. The molecule has 1 saturated carbocycles. The molecule has 0 radical (unpaired) electrons. The quantitative estimate of drug-likeness (QED) is 0.0960. The summed E-state index contributed by atoms with van der Waals surface area (Å²) in [7, 11) is 0. The van der Waals surface area contributed by atoms with Crippen LogP contribution in [0, 0.1) is 11.3 Å². The van der Waals surface area contributed by atoms with E-state index in [1.54, 1.807) is 6.07 Å². The fourth-order valence-electron chi connectivity index (χ4n) is 18.3. The number of hydrogen-bond donors (Lipinski definition) is 0. The van der Waals surface area contributed by atoms with Gasteiger partial charge in [0, 0.05) is 50.1 Å². The minimum atomic E-state index is 0.537. The van der Waals surface area contributed by atoms with Gasteiger partial charge < -0.3 is 0 Å². The lowest BCUT2D eigenvalue weighted by atomic mass is 9.83. The molecule has 0 aliphatic heterocycles. The zero-order valence-electron chi connectivity index (χ0n) is 67.6. The third kappa shape index (κ3) is 14.2. The summed E-state index contributed by atoms with van der Waals surface area (Å²) >= 11 is 0. The van der Waals surface area contributed by atoms with E-state index in [9.17, 15) is 5.26 Å². The maximum atomic E-state index is 9.42. The number of aromatic nitrogens is 9. The van der Waals surface area contributed by atoms with E-state index < -0.39 is 0 Å². The Hall–Kier alpha value is -16.2. The highest BCUT2D eigenvalue weighted by molar-refractivity contribution is 6.21. The van der Waals surface area contributed by atoms with E-state index in [4.69, 9.17) is 44.9 Å². The lowest BCUT2D eigenvalue weighted by Gasteiger charge is -2.22. The lowest BCUT2D eigenvalue weighted by molar-refractivity contribution is 0.443. The van der Waals surface area contributed by atoms with Crippen LogP contribution >= 0.6 is 0 Å². The third-order valence-electron chi connectivity index (χ3n) is 24.5. The monoisotopic (exact) mass is 1580 g/mol. The van der Waals surface area contributed by atoms with Gasteiger partial charge in [-0.1, -0.05) is 371 Å². The van der Waals surface area contributed by atoms with Gasteiger partial charge in [-0.3, -0.25) is 0 Å². The molecule has 10 heteroatoms. The molecule has 3 heterocycles. The zero-order valence-corrected chi connectivity index (χ0v) is 67.6. The summed E-state index contributed by atoms with van der Waals surface area (Å²) in [4.78, 5) is 45.1. The smallest absolute Gasteiger partial charge is 0.165 e. The summed E-state index contributed by atoms with van der Waals surface area (Å²) in [5, 5.41) is 36.0. The number of benzene rings is 20. The Kier molecular flexibility index (Phi) is 19.2. The van der Waals surface area contributed by atoms with Gasteiger partial charge in [-0.15, -0.1) is 0 Å². The highest BCUT2D eigenvalue weighted by atomic mass is 15.1. The molecule has 0 amide bonds. The summed E-state index contributed by atoms with van der Waals surface area (Å²) in [6.45, 7) is 0. The van der Waals surface area contributed by atoms with Crippen molar-refractivity contribution in [2.75, 3.05) is 0 Å². The van der Waals surface area contributed by atoms with E-state index in [0.29, 0.717) is 58.1 Å². The van der Waals surface area contributed by atoms with E-state index in [-0.39, 0.29) is 0 Å². The highest BCUT2D eigenvalue weighted by Gasteiger charge is 2.23. The van der Waals surface area contributed by atoms with Crippen LogP contribution in [0.15, 0.2) is 394 Å². The Morgan fingerprint density at radius 1 is 0.185 bits per heavy atom. The molecular formula is C114H76N10. The minimum absolute atomic E-state index is 0.537. The summed E-state index contributed by atoms with van der Waals surface area (Å²) in [5.74, 6) is 6.45.